The standard InChI is InChI=1S/C16H11ClO6/c17-10-2-3-11(12(18)6-10)16(20)21-7-13(19)9-1-4-14-15(5-9)23-8-22-14/h1-6,18H,7-8H2. The lowest BCUT2D eigenvalue weighted by molar-refractivity contribution is 0.0472. The molecule has 7 heteroatoms. The molecule has 6 nitrogen and oxygen atoms in total. The number of hydrogen-bond acceptors (Lipinski definition) is 6. The maximum Gasteiger partial charge on any atom is 0.342 e. The van der Waals surface area contributed by atoms with E-state index in [1.807, 2.05) is 0 Å². The molecule has 0 fully saturated rings. The number of halogens is 1. The van der Waals surface area contributed by atoms with E-state index in [2.05, 4.69) is 0 Å². The summed E-state index contributed by atoms with van der Waals surface area (Å²) in [7, 11) is 0. The molecule has 0 aromatic heterocycles. The average Bonchev–Trinajstić information content (AvgIpc) is 2.99. The van der Waals surface area contributed by atoms with Gasteiger partial charge in [0.05, 0.1) is 0 Å². The van der Waals surface area contributed by atoms with Crippen LogP contribution in [0.25, 0.3) is 0 Å². The molecule has 0 radical (unpaired) electrons. The van der Waals surface area contributed by atoms with Crippen LogP contribution in [0.4, 0.5) is 0 Å². The summed E-state index contributed by atoms with van der Waals surface area (Å²) in [6.07, 6.45) is 0. The van der Waals surface area contributed by atoms with Crippen molar-refractivity contribution in [3.8, 4) is 17.2 Å². The Morgan fingerprint density at radius 2 is 1.91 bits per heavy atom. The highest BCUT2D eigenvalue weighted by Crippen LogP contribution is 2.32. The minimum absolute atomic E-state index is 0.0621. The molecule has 2 aromatic rings. The molecule has 3 rings (SSSR count). The second-order valence-electron chi connectivity index (χ2n) is 4.73. The Balaban J connectivity index is 1.65. The maximum atomic E-state index is 12.1. The van der Waals surface area contributed by atoms with Gasteiger partial charge >= 0.3 is 5.97 Å². The monoisotopic (exact) mass is 334 g/mol. The number of phenolic OH excluding ortho intramolecular Hbond substituents is 1. The van der Waals surface area contributed by atoms with Gasteiger partial charge in [0.15, 0.2) is 23.9 Å². The summed E-state index contributed by atoms with van der Waals surface area (Å²) in [5.74, 6) is -0.487. The number of rotatable bonds is 4. The highest BCUT2D eigenvalue weighted by Gasteiger charge is 2.18. The number of benzene rings is 2. The third-order valence-corrected chi connectivity index (χ3v) is 3.44. The lowest BCUT2D eigenvalue weighted by atomic mass is 10.1. The minimum atomic E-state index is -0.812. The van der Waals surface area contributed by atoms with E-state index in [0.29, 0.717) is 17.1 Å². The summed E-state index contributed by atoms with van der Waals surface area (Å²) in [5.41, 5.74) is 0.273. The fraction of sp³-hybridized carbons (Fsp3) is 0.125. The predicted molar refractivity (Wildman–Crippen MR) is 80.3 cm³/mol. The van der Waals surface area contributed by atoms with Crippen molar-refractivity contribution in [2.45, 2.75) is 0 Å². The van der Waals surface area contributed by atoms with Crippen LogP contribution in [-0.2, 0) is 4.74 Å². The van der Waals surface area contributed by atoms with Gasteiger partial charge in [-0.3, -0.25) is 4.79 Å². The fourth-order valence-corrected chi connectivity index (χ4v) is 2.21. The van der Waals surface area contributed by atoms with Crippen molar-refractivity contribution < 1.29 is 28.9 Å². The van der Waals surface area contributed by atoms with E-state index < -0.39 is 18.4 Å². The topological polar surface area (TPSA) is 82.1 Å². The van der Waals surface area contributed by atoms with Gasteiger partial charge < -0.3 is 19.3 Å². The first kappa shape index (κ1) is 15.2. The molecule has 2 aromatic carbocycles. The molecule has 1 heterocycles. The number of phenols is 1. The zero-order valence-electron chi connectivity index (χ0n) is 11.7. The van der Waals surface area contributed by atoms with Gasteiger partial charge in [-0.15, -0.1) is 0 Å². The average molecular weight is 335 g/mol. The van der Waals surface area contributed by atoms with E-state index in [1.54, 1.807) is 12.1 Å². The van der Waals surface area contributed by atoms with Crippen LogP contribution in [0, 0.1) is 0 Å². The van der Waals surface area contributed by atoms with Gasteiger partial charge in [-0.2, -0.15) is 0 Å². The van der Waals surface area contributed by atoms with Crippen molar-refractivity contribution in [1.29, 1.82) is 0 Å². The van der Waals surface area contributed by atoms with Gasteiger partial charge in [-0.25, -0.2) is 4.79 Å². The fourth-order valence-electron chi connectivity index (χ4n) is 2.04. The molecular weight excluding hydrogens is 324 g/mol. The van der Waals surface area contributed by atoms with Gasteiger partial charge in [0.2, 0.25) is 6.79 Å². The molecule has 0 aliphatic carbocycles. The molecule has 0 bridgehead atoms. The van der Waals surface area contributed by atoms with Crippen LogP contribution in [0.15, 0.2) is 36.4 Å². The highest BCUT2D eigenvalue weighted by molar-refractivity contribution is 6.30. The summed E-state index contributed by atoms with van der Waals surface area (Å²) in [6, 6.07) is 8.69. The summed E-state index contributed by atoms with van der Waals surface area (Å²) in [6.45, 7) is -0.349. The largest absolute Gasteiger partial charge is 0.507 e. The van der Waals surface area contributed by atoms with Gasteiger partial charge in [0, 0.05) is 10.6 Å². The van der Waals surface area contributed by atoms with Crippen LogP contribution < -0.4 is 9.47 Å². The third kappa shape index (κ3) is 3.22. The summed E-state index contributed by atoms with van der Waals surface area (Å²) in [5, 5.41) is 9.94. The zero-order valence-corrected chi connectivity index (χ0v) is 12.5. The molecule has 0 unspecified atom stereocenters. The van der Waals surface area contributed by atoms with E-state index in [-0.39, 0.29) is 23.1 Å². The number of Topliss-reactive ketones (excluding diaryl/α,β-unsaturated/α-hetero) is 1. The van der Waals surface area contributed by atoms with Crippen molar-refractivity contribution in [2.24, 2.45) is 0 Å². The SMILES string of the molecule is O=C(COC(=O)c1ccc(Cl)cc1O)c1ccc2c(c1)OCO2. The van der Waals surface area contributed by atoms with Gasteiger partial charge in [0.25, 0.3) is 0 Å². The van der Waals surface area contributed by atoms with E-state index in [0.717, 1.165) is 0 Å². The van der Waals surface area contributed by atoms with E-state index in [1.165, 1.54) is 24.3 Å². The molecule has 23 heavy (non-hydrogen) atoms. The summed E-state index contributed by atoms with van der Waals surface area (Å²) >= 11 is 5.69. The Labute approximate surface area is 136 Å². The van der Waals surface area contributed by atoms with Crippen LogP contribution >= 0.6 is 11.6 Å². The number of ether oxygens (including phenoxy) is 3. The van der Waals surface area contributed by atoms with Gasteiger partial charge in [-0.05, 0) is 36.4 Å². The first-order valence-corrected chi connectivity index (χ1v) is 7.01. The van der Waals surface area contributed by atoms with Crippen molar-refractivity contribution in [1.82, 2.24) is 0 Å². The van der Waals surface area contributed by atoms with Crippen molar-refractivity contribution in [3.05, 3.63) is 52.5 Å². The minimum Gasteiger partial charge on any atom is -0.507 e. The number of aromatic hydroxyl groups is 1. The molecule has 0 atom stereocenters. The molecule has 0 saturated carbocycles. The quantitative estimate of drug-likeness (QED) is 0.684. The van der Waals surface area contributed by atoms with Gasteiger partial charge in [0.1, 0.15) is 11.3 Å². The Kier molecular flexibility index (Phi) is 4.08. The smallest absolute Gasteiger partial charge is 0.342 e. The van der Waals surface area contributed by atoms with Crippen molar-refractivity contribution >= 4 is 23.4 Å². The van der Waals surface area contributed by atoms with Crippen LogP contribution in [0.3, 0.4) is 0 Å². The lowest BCUT2D eigenvalue weighted by Crippen LogP contribution is -2.14. The van der Waals surface area contributed by atoms with Crippen LogP contribution in [0.2, 0.25) is 5.02 Å². The van der Waals surface area contributed by atoms with Crippen LogP contribution in [-0.4, -0.2) is 30.3 Å². The third-order valence-electron chi connectivity index (χ3n) is 3.21. The molecule has 0 spiro atoms. The number of carbonyl (C=O) groups excluding carboxylic acids is 2. The second kappa shape index (κ2) is 6.18. The Hall–Kier alpha value is -2.73. The number of esters is 1. The van der Waals surface area contributed by atoms with Gasteiger partial charge in [-0.1, -0.05) is 11.6 Å². The highest BCUT2D eigenvalue weighted by atomic mass is 35.5. The maximum absolute atomic E-state index is 12.1. The van der Waals surface area contributed by atoms with Crippen LogP contribution in [0.1, 0.15) is 20.7 Å². The zero-order chi connectivity index (χ0) is 16.4. The Bertz CT molecular complexity index is 786. The number of fused-ring (bicyclic) bond motifs is 1. The molecule has 0 saturated heterocycles. The summed E-state index contributed by atoms with van der Waals surface area (Å²) in [4.78, 5) is 23.9. The van der Waals surface area contributed by atoms with E-state index in [4.69, 9.17) is 25.8 Å². The molecule has 0 amide bonds. The molecule has 1 aliphatic rings. The van der Waals surface area contributed by atoms with Crippen molar-refractivity contribution in [2.75, 3.05) is 13.4 Å². The number of carbonyl (C=O) groups is 2. The summed E-state index contributed by atoms with van der Waals surface area (Å²) < 4.78 is 15.3. The lowest BCUT2D eigenvalue weighted by Gasteiger charge is -2.06. The molecule has 118 valence electrons. The van der Waals surface area contributed by atoms with E-state index in [9.17, 15) is 14.7 Å². The number of ketones is 1. The normalized spacial score (nSPS) is 12.0. The number of hydrogen-bond donors (Lipinski definition) is 1. The second-order valence-corrected chi connectivity index (χ2v) is 5.17. The molecule has 1 N–H and O–H groups in total. The van der Waals surface area contributed by atoms with E-state index >= 15 is 0 Å². The Morgan fingerprint density at radius 1 is 1.13 bits per heavy atom. The molecule has 1 aliphatic heterocycles. The van der Waals surface area contributed by atoms with Crippen LogP contribution in [0.5, 0.6) is 17.2 Å². The molecular formula is C16H11ClO6. The van der Waals surface area contributed by atoms with Crippen molar-refractivity contribution in [3.63, 3.8) is 0 Å². The first-order chi connectivity index (χ1) is 11.0. The first-order valence-electron chi connectivity index (χ1n) is 6.63. The predicted octanol–water partition coefficient (Wildman–Crippen LogP) is 2.81. The Morgan fingerprint density at radius 3 is 2.70 bits per heavy atom.